The Bertz CT molecular complexity index is 128. The van der Waals surface area contributed by atoms with Crippen LogP contribution in [-0.2, 0) is 0 Å². The van der Waals surface area contributed by atoms with E-state index in [1.807, 2.05) is 6.08 Å². The van der Waals surface area contributed by atoms with Crippen molar-refractivity contribution < 1.29 is 0 Å². The summed E-state index contributed by atoms with van der Waals surface area (Å²) in [5.74, 6) is 0.737. The highest BCUT2D eigenvalue weighted by atomic mass is 35.5. The van der Waals surface area contributed by atoms with Gasteiger partial charge in [-0.25, -0.2) is 0 Å². The Labute approximate surface area is 73.8 Å². The second-order valence-corrected chi connectivity index (χ2v) is 3.56. The Hall–Kier alpha value is -0.0100. The highest BCUT2D eigenvalue weighted by molar-refractivity contribution is 6.18. The van der Waals surface area contributed by atoms with Crippen molar-refractivity contribution in [3.8, 4) is 0 Å². The Morgan fingerprint density at radius 3 is 2.55 bits per heavy atom. The molecule has 11 heavy (non-hydrogen) atoms. The second-order valence-electron chi connectivity index (χ2n) is 3.29. The second kappa shape index (κ2) is 4.13. The van der Waals surface area contributed by atoms with Crippen LogP contribution in [0.3, 0.4) is 0 Å². The van der Waals surface area contributed by atoms with E-state index in [0.717, 1.165) is 12.4 Å². The molecule has 0 spiro atoms. The van der Waals surface area contributed by atoms with Crippen LogP contribution in [-0.4, -0.2) is 18.0 Å². The van der Waals surface area contributed by atoms with E-state index >= 15 is 0 Å². The molecule has 2 heteroatoms. The van der Waals surface area contributed by atoms with Gasteiger partial charge in [0, 0.05) is 18.0 Å². The number of hydrogen-bond donors (Lipinski definition) is 1. The summed E-state index contributed by atoms with van der Waals surface area (Å²) in [6.07, 6.45) is 6.98. The van der Waals surface area contributed by atoms with E-state index in [1.54, 1.807) is 0 Å². The van der Waals surface area contributed by atoms with Gasteiger partial charge in [0.05, 0.1) is 0 Å². The Morgan fingerprint density at radius 2 is 2.09 bits per heavy atom. The summed E-state index contributed by atoms with van der Waals surface area (Å²) >= 11 is 5.90. The molecule has 1 nitrogen and oxygen atoms in total. The average Bonchev–Trinajstić information content (AvgIpc) is 2.50. The average molecular weight is 174 g/mol. The molecular weight excluding hydrogens is 158 g/mol. The lowest BCUT2D eigenvalue weighted by molar-refractivity contribution is 0.388. The molecule has 0 aromatic carbocycles. The fraction of sp³-hybridized carbons (Fsp3) is 0.778. The van der Waals surface area contributed by atoms with Crippen LogP contribution in [0.2, 0.25) is 0 Å². The molecule has 0 heterocycles. The van der Waals surface area contributed by atoms with E-state index in [9.17, 15) is 0 Å². The van der Waals surface area contributed by atoms with Gasteiger partial charge >= 0.3 is 0 Å². The SMILES string of the molecule is C=CCNC1(CCl)CCCC1. The summed E-state index contributed by atoms with van der Waals surface area (Å²) in [6.45, 7) is 4.56. The fourth-order valence-electron chi connectivity index (χ4n) is 1.70. The third-order valence-corrected chi connectivity index (χ3v) is 2.95. The molecule has 0 radical (unpaired) electrons. The lowest BCUT2D eigenvalue weighted by Gasteiger charge is -2.27. The molecular formula is C9H16ClN. The van der Waals surface area contributed by atoms with Crippen molar-refractivity contribution in [3.63, 3.8) is 0 Å². The predicted molar refractivity (Wildman–Crippen MR) is 50.1 cm³/mol. The van der Waals surface area contributed by atoms with Gasteiger partial charge in [0.15, 0.2) is 0 Å². The Balaban J connectivity index is 2.38. The van der Waals surface area contributed by atoms with Gasteiger partial charge in [-0.2, -0.15) is 0 Å². The summed E-state index contributed by atoms with van der Waals surface area (Å²) in [7, 11) is 0. The Kier molecular flexibility index (Phi) is 3.41. The maximum atomic E-state index is 5.90. The van der Waals surface area contributed by atoms with E-state index in [4.69, 9.17) is 11.6 Å². The number of hydrogen-bond acceptors (Lipinski definition) is 1. The molecule has 0 aromatic heterocycles. The van der Waals surface area contributed by atoms with Gasteiger partial charge in [-0.05, 0) is 12.8 Å². The zero-order valence-corrected chi connectivity index (χ0v) is 7.66. The van der Waals surface area contributed by atoms with Crippen molar-refractivity contribution in [3.05, 3.63) is 12.7 Å². The van der Waals surface area contributed by atoms with Crippen molar-refractivity contribution in [2.75, 3.05) is 12.4 Å². The number of alkyl halides is 1. The first-order valence-electron chi connectivity index (χ1n) is 4.25. The first-order valence-corrected chi connectivity index (χ1v) is 4.78. The minimum Gasteiger partial charge on any atom is -0.307 e. The molecule has 0 atom stereocenters. The van der Waals surface area contributed by atoms with E-state index < -0.39 is 0 Å². The first-order chi connectivity index (χ1) is 5.33. The summed E-state index contributed by atoms with van der Waals surface area (Å²) < 4.78 is 0. The summed E-state index contributed by atoms with van der Waals surface area (Å²) in [4.78, 5) is 0. The molecule has 1 aliphatic rings. The predicted octanol–water partition coefficient (Wildman–Crippen LogP) is 2.31. The summed E-state index contributed by atoms with van der Waals surface area (Å²) in [5.41, 5.74) is 0.232. The highest BCUT2D eigenvalue weighted by Crippen LogP contribution is 2.30. The van der Waals surface area contributed by atoms with E-state index in [-0.39, 0.29) is 5.54 Å². The fourth-order valence-corrected chi connectivity index (χ4v) is 2.06. The molecule has 0 saturated heterocycles. The van der Waals surface area contributed by atoms with Crippen molar-refractivity contribution in [1.82, 2.24) is 5.32 Å². The van der Waals surface area contributed by atoms with Crippen LogP contribution in [0.15, 0.2) is 12.7 Å². The van der Waals surface area contributed by atoms with Crippen molar-refractivity contribution >= 4 is 11.6 Å². The third kappa shape index (κ3) is 2.21. The third-order valence-electron chi connectivity index (χ3n) is 2.44. The quantitative estimate of drug-likeness (QED) is 0.508. The molecule has 1 aliphatic carbocycles. The smallest absolute Gasteiger partial charge is 0.0406 e. The van der Waals surface area contributed by atoms with E-state index in [2.05, 4.69) is 11.9 Å². The van der Waals surface area contributed by atoms with E-state index in [0.29, 0.717) is 0 Å². The molecule has 1 fully saturated rings. The highest BCUT2D eigenvalue weighted by Gasteiger charge is 2.31. The van der Waals surface area contributed by atoms with Gasteiger partial charge < -0.3 is 5.32 Å². The van der Waals surface area contributed by atoms with Crippen molar-refractivity contribution in [1.29, 1.82) is 0 Å². The van der Waals surface area contributed by atoms with Crippen LogP contribution in [0.5, 0.6) is 0 Å². The lowest BCUT2D eigenvalue weighted by Crippen LogP contribution is -2.44. The molecule has 0 aliphatic heterocycles. The van der Waals surface area contributed by atoms with Crippen LogP contribution in [0.4, 0.5) is 0 Å². The monoisotopic (exact) mass is 173 g/mol. The van der Waals surface area contributed by atoms with Gasteiger partial charge in [0.1, 0.15) is 0 Å². The molecule has 1 N–H and O–H groups in total. The number of halogens is 1. The molecule has 0 amide bonds. The van der Waals surface area contributed by atoms with Gasteiger partial charge in [-0.1, -0.05) is 18.9 Å². The van der Waals surface area contributed by atoms with Crippen LogP contribution in [0, 0.1) is 0 Å². The maximum Gasteiger partial charge on any atom is 0.0406 e. The van der Waals surface area contributed by atoms with E-state index in [1.165, 1.54) is 25.7 Å². The van der Waals surface area contributed by atoms with Crippen molar-refractivity contribution in [2.45, 2.75) is 31.2 Å². The zero-order valence-electron chi connectivity index (χ0n) is 6.91. The minimum atomic E-state index is 0.232. The van der Waals surface area contributed by atoms with Crippen LogP contribution >= 0.6 is 11.6 Å². The normalized spacial score (nSPS) is 21.9. The van der Waals surface area contributed by atoms with Gasteiger partial charge in [-0.15, -0.1) is 18.2 Å². The van der Waals surface area contributed by atoms with Crippen LogP contribution < -0.4 is 5.32 Å². The first kappa shape index (κ1) is 9.08. The summed E-state index contributed by atoms with van der Waals surface area (Å²) in [5, 5.41) is 3.44. The summed E-state index contributed by atoms with van der Waals surface area (Å²) in [6, 6.07) is 0. The Morgan fingerprint density at radius 1 is 1.45 bits per heavy atom. The van der Waals surface area contributed by atoms with Gasteiger partial charge in [-0.3, -0.25) is 0 Å². The lowest BCUT2D eigenvalue weighted by atomic mass is 10.0. The zero-order chi connectivity index (χ0) is 8.16. The van der Waals surface area contributed by atoms with Crippen LogP contribution in [0.1, 0.15) is 25.7 Å². The molecule has 0 aromatic rings. The van der Waals surface area contributed by atoms with Gasteiger partial charge in [0.25, 0.3) is 0 Å². The molecule has 1 rings (SSSR count). The number of nitrogens with one attached hydrogen (secondary N) is 1. The minimum absolute atomic E-state index is 0.232. The van der Waals surface area contributed by atoms with Gasteiger partial charge in [0.2, 0.25) is 0 Å². The number of rotatable bonds is 4. The van der Waals surface area contributed by atoms with Crippen LogP contribution in [0.25, 0.3) is 0 Å². The molecule has 0 unspecified atom stereocenters. The standard InChI is InChI=1S/C9H16ClN/c1-2-7-11-9(8-10)5-3-4-6-9/h2,11H,1,3-8H2. The topological polar surface area (TPSA) is 12.0 Å². The molecule has 1 saturated carbocycles. The molecule has 64 valence electrons. The van der Waals surface area contributed by atoms with Crippen molar-refractivity contribution in [2.24, 2.45) is 0 Å². The largest absolute Gasteiger partial charge is 0.307 e. The maximum absolute atomic E-state index is 5.90. The molecule has 0 bridgehead atoms.